The number of azo groups is 1. The van der Waals surface area contributed by atoms with Crippen LogP contribution in [0.2, 0.25) is 0 Å². The van der Waals surface area contributed by atoms with Crippen molar-refractivity contribution in [2.75, 3.05) is 69.7 Å². The molecule has 10 heteroatoms. The van der Waals surface area contributed by atoms with Crippen molar-refractivity contribution in [2.45, 2.75) is 12.5 Å². The summed E-state index contributed by atoms with van der Waals surface area (Å²) < 4.78 is 5.32. The molecule has 10 nitrogen and oxygen atoms in total. The number of hydrogen-bond donors (Lipinski definition) is 2. The van der Waals surface area contributed by atoms with E-state index in [0.717, 1.165) is 43.7 Å². The highest BCUT2D eigenvalue weighted by molar-refractivity contribution is 6.22. The second-order valence-corrected chi connectivity index (χ2v) is 9.84. The van der Waals surface area contributed by atoms with Gasteiger partial charge in [-0.15, -0.1) is 0 Å². The number of anilines is 2. The molecule has 0 bridgehead atoms. The number of morpholine rings is 1. The third-order valence-electron chi connectivity index (χ3n) is 7.41. The Hall–Kier alpha value is -3.60. The normalized spacial score (nSPS) is 22.1. The fraction of sp³-hybridized carbons (Fsp3) is 0.407. The Morgan fingerprint density at radius 1 is 1.00 bits per heavy atom. The van der Waals surface area contributed by atoms with Gasteiger partial charge in [0.1, 0.15) is 11.7 Å². The summed E-state index contributed by atoms with van der Waals surface area (Å²) >= 11 is 0. The van der Waals surface area contributed by atoms with Crippen molar-refractivity contribution in [1.29, 1.82) is 0 Å². The number of likely N-dealkylation sites (N-methyl/N-ethyl adjacent to an activating group) is 1. The third-order valence-corrected chi connectivity index (χ3v) is 7.41. The highest BCUT2D eigenvalue weighted by Gasteiger charge is 2.42. The number of nitrogens with one attached hydrogen (secondary N) is 2. The molecule has 192 valence electrons. The van der Waals surface area contributed by atoms with Crippen molar-refractivity contribution in [1.82, 2.24) is 15.3 Å². The lowest BCUT2D eigenvalue weighted by Crippen LogP contribution is -2.49. The molecule has 2 amide bonds. The van der Waals surface area contributed by atoms with E-state index < -0.39 is 6.04 Å². The highest BCUT2D eigenvalue weighted by atomic mass is 16.5. The Morgan fingerprint density at radius 2 is 1.81 bits per heavy atom. The smallest absolute Gasteiger partial charge is 0.333 e. The lowest BCUT2D eigenvalue weighted by atomic mass is 10.0. The van der Waals surface area contributed by atoms with Crippen LogP contribution >= 0.6 is 0 Å². The molecule has 2 aromatic rings. The van der Waals surface area contributed by atoms with Crippen molar-refractivity contribution in [3.8, 4) is 0 Å². The summed E-state index contributed by atoms with van der Waals surface area (Å²) in [6, 6.07) is 12.9. The molecule has 37 heavy (non-hydrogen) atoms. The molecule has 2 aromatic carbocycles. The quantitative estimate of drug-likeness (QED) is 0.667. The molecule has 2 fully saturated rings. The summed E-state index contributed by atoms with van der Waals surface area (Å²) in [6.07, 6.45) is 1.14. The first-order chi connectivity index (χ1) is 18.1. The fourth-order valence-electron chi connectivity index (χ4n) is 5.41. The van der Waals surface area contributed by atoms with Crippen molar-refractivity contribution in [3.05, 3.63) is 64.7 Å². The van der Waals surface area contributed by atoms with Gasteiger partial charge in [-0.2, -0.15) is 10.2 Å². The molecule has 3 heterocycles. The molecule has 0 aromatic heterocycles. The predicted octanol–water partition coefficient (Wildman–Crippen LogP) is 3.31. The number of ether oxygens (including phenoxy) is 1. The molecule has 6 rings (SSSR count). The Kier molecular flexibility index (Phi) is 6.45. The number of nitrogens with zero attached hydrogens (tertiary/aromatic N) is 5. The summed E-state index contributed by atoms with van der Waals surface area (Å²) in [7, 11) is 2.16. The van der Waals surface area contributed by atoms with Crippen LogP contribution in [0.1, 0.15) is 33.9 Å². The van der Waals surface area contributed by atoms with Crippen molar-refractivity contribution < 1.29 is 14.3 Å². The number of hydrogen-bond acceptors (Lipinski definition) is 8. The van der Waals surface area contributed by atoms with Crippen molar-refractivity contribution in [3.63, 3.8) is 0 Å². The van der Waals surface area contributed by atoms with Crippen molar-refractivity contribution in [2.24, 2.45) is 10.2 Å². The Bertz CT molecular complexity index is 1270. The molecule has 0 spiro atoms. The lowest BCUT2D eigenvalue weighted by molar-refractivity contribution is 0.0207. The van der Waals surface area contributed by atoms with Gasteiger partial charge in [0.2, 0.25) is 0 Å². The Morgan fingerprint density at radius 3 is 2.62 bits per heavy atom. The molecule has 0 saturated carbocycles. The summed E-state index contributed by atoms with van der Waals surface area (Å²) in [5.74, 6) is -0.137. The minimum Gasteiger partial charge on any atom is -0.379 e. The van der Waals surface area contributed by atoms with Gasteiger partial charge in [0.25, 0.3) is 0 Å². The average Bonchev–Trinajstić information content (AvgIpc) is 3.38. The van der Waals surface area contributed by atoms with E-state index in [2.05, 4.69) is 50.0 Å². The van der Waals surface area contributed by atoms with Crippen LogP contribution in [0, 0.1) is 0 Å². The summed E-state index contributed by atoms with van der Waals surface area (Å²) in [5.41, 5.74) is 7.79. The van der Waals surface area contributed by atoms with Gasteiger partial charge in [0.15, 0.2) is 5.78 Å². The van der Waals surface area contributed by atoms with Crippen LogP contribution in [0.5, 0.6) is 0 Å². The minimum atomic E-state index is -0.442. The van der Waals surface area contributed by atoms with Crippen LogP contribution < -0.4 is 15.6 Å². The molecule has 0 radical (unpaired) electrons. The van der Waals surface area contributed by atoms with E-state index in [-0.39, 0.29) is 11.8 Å². The number of fused-ring (bicyclic) bond motifs is 3. The highest BCUT2D eigenvalue weighted by Crippen LogP contribution is 2.49. The second kappa shape index (κ2) is 10.0. The maximum absolute atomic E-state index is 13.6. The number of amides is 2. The van der Waals surface area contributed by atoms with Crippen LogP contribution in [0.3, 0.4) is 0 Å². The van der Waals surface area contributed by atoms with Gasteiger partial charge in [-0.1, -0.05) is 24.3 Å². The van der Waals surface area contributed by atoms with Gasteiger partial charge in [-0.25, -0.2) is 9.80 Å². The van der Waals surface area contributed by atoms with E-state index in [4.69, 9.17) is 4.74 Å². The van der Waals surface area contributed by atoms with Crippen LogP contribution in [-0.2, 0) is 4.74 Å². The van der Waals surface area contributed by atoms with E-state index in [0.29, 0.717) is 48.8 Å². The number of urea groups is 1. The predicted molar refractivity (Wildman–Crippen MR) is 141 cm³/mol. The first-order valence-electron chi connectivity index (χ1n) is 12.9. The van der Waals surface area contributed by atoms with Gasteiger partial charge in [0.05, 0.1) is 30.0 Å². The number of rotatable bonds is 4. The van der Waals surface area contributed by atoms with Crippen LogP contribution in [0.4, 0.5) is 16.2 Å². The van der Waals surface area contributed by atoms with E-state index >= 15 is 0 Å². The minimum absolute atomic E-state index is 0.137. The molecule has 2 N–H and O–H groups in total. The summed E-state index contributed by atoms with van der Waals surface area (Å²) in [6.45, 7) is 6.55. The zero-order chi connectivity index (χ0) is 25.4. The van der Waals surface area contributed by atoms with Crippen LogP contribution in [0.15, 0.2) is 58.3 Å². The first kappa shape index (κ1) is 23.8. The van der Waals surface area contributed by atoms with Crippen LogP contribution in [-0.4, -0.2) is 81.3 Å². The number of Topliss-reactive ketones (excluding diaryl/α,β-unsaturated/α-hetero) is 1. The van der Waals surface area contributed by atoms with Crippen LogP contribution in [0.25, 0.3) is 5.70 Å². The standard InChI is InChI=1S/C27H31N7O3/c1-32-10-3-11-33(13-12-32)19-8-6-18(7-9-19)24-23-25(30-29-24)20-4-2-5-21(22(20)26(23)35)28-27(36)31-34-14-16-37-17-15-34/h2,4-9,25H,3,10-17H2,1H3,(H2,28,31,36). The summed E-state index contributed by atoms with van der Waals surface area (Å²) in [5, 5.41) is 13.5. The molecular formula is C27H31N7O3. The molecule has 3 aliphatic heterocycles. The maximum atomic E-state index is 13.6. The van der Waals surface area contributed by atoms with Crippen molar-refractivity contribution >= 4 is 28.9 Å². The number of carbonyl (C=O) groups excluding carboxylic acids is 2. The van der Waals surface area contributed by atoms with E-state index in [1.807, 2.05) is 24.3 Å². The molecule has 4 aliphatic rings. The van der Waals surface area contributed by atoms with Gasteiger partial charge in [-0.3, -0.25) is 10.2 Å². The number of carbonyl (C=O) groups is 2. The number of hydrazine groups is 1. The maximum Gasteiger partial charge on any atom is 0.333 e. The fourth-order valence-corrected chi connectivity index (χ4v) is 5.41. The number of ketones is 1. The Balaban J connectivity index is 1.22. The first-order valence-corrected chi connectivity index (χ1v) is 12.9. The van der Waals surface area contributed by atoms with Gasteiger partial charge in [-0.05, 0) is 43.8 Å². The third kappa shape index (κ3) is 4.63. The lowest BCUT2D eigenvalue weighted by Gasteiger charge is -2.27. The van der Waals surface area contributed by atoms with E-state index in [1.54, 1.807) is 11.1 Å². The SMILES string of the molecule is CN1CCCN(c2ccc(C3=C4C(=O)c5c(NC(=O)NN6CCOCC6)cccc5C4N=N3)cc2)CC1. The largest absolute Gasteiger partial charge is 0.379 e. The van der Waals surface area contributed by atoms with Gasteiger partial charge in [0, 0.05) is 44.0 Å². The Labute approximate surface area is 215 Å². The zero-order valence-corrected chi connectivity index (χ0v) is 20.9. The van der Waals surface area contributed by atoms with Gasteiger partial charge >= 0.3 is 6.03 Å². The molecular weight excluding hydrogens is 470 g/mol. The topological polar surface area (TPSA) is 102 Å². The van der Waals surface area contributed by atoms with Gasteiger partial charge < -0.3 is 19.9 Å². The monoisotopic (exact) mass is 501 g/mol. The number of benzene rings is 2. The molecule has 1 aliphatic carbocycles. The molecule has 1 unspecified atom stereocenters. The summed E-state index contributed by atoms with van der Waals surface area (Å²) in [4.78, 5) is 31.1. The molecule has 2 saturated heterocycles. The van der Waals surface area contributed by atoms with E-state index in [1.165, 1.54) is 5.69 Å². The molecule has 1 atom stereocenters. The van der Waals surface area contributed by atoms with E-state index in [9.17, 15) is 9.59 Å². The average molecular weight is 502 g/mol. The zero-order valence-electron chi connectivity index (χ0n) is 20.9. The second-order valence-electron chi connectivity index (χ2n) is 9.84.